The summed E-state index contributed by atoms with van der Waals surface area (Å²) in [6.07, 6.45) is 3.40. The maximum absolute atomic E-state index is 13.6. The van der Waals surface area contributed by atoms with Crippen molar-refractivity contribution in [3.63, 3.8) is 0 Å². The van der Waals surface area contributed by atoms with Gasteiger partial charge in [-0.25, -0.2) is 19.2 Å². The van der Waals surface area contributed by atoms with Crippen LogP contribution < -0.4 is 0 Å². The van der Waals surface area contributed by atoms with E-state index in [4.69, 9.17) is 9.72 Å². The standard InChI is InChI=1S/C23H26FN5O4S/c1-23(2,3)33-22(30)29-13-5-4-6-17(29)20-27-18(14-7-9-15(24)10-8-14)19(28-20)16-11-12-25-21(26-16)34(31)32/h7-12,17,26H,4-6,13H2,1-3H3,(H,27,28). The number of aromatic amines is 2. The molecule has 34 heavy (non-hydrogen) atoms. The van der Waals surface area contributed by atoms with Gasteiger partial charge in [0.2, 0.25) is 0 Å². The zero-order chi connectivity index (χ0) is 24.5. The number of aromatic nitrogens is 4. The van der Waals surface area contributed by atoms with Crippen molar-refractivity contribution < 1.29 is 22.3 Å². The molecule has 9 nitrogen and oxygen atoms in total. The highest BCUT2D eigenvalue weighted by molar-refractivity contribution is 7.63. The summed E-state index contributed by atoms with van der Waals surface area (Å²) in [6, 6.07) is 7.11. The number of rotatable bonds is 3. The van der Waals surface area contributed by atoms with E-state index in [1.54, 1.807) is 23.1 Å². The Morgan fingerprint density at radius 2 is 1.88 bits per heavy atom. The first-order chi connectivity index (χ1) is 16.1. The number of hydrogen-bond donors (Lipinski definition) is 2. The van der Waals surface area contributed by atoms with Crippen LogP contribution in [0.4, 0.5) is 9.18 Å². The smallest absolute Gasteiger partial charge is 0.410 e. The van der Waals surface area contributed by atoms with Crippen molar-refractivity contribution in [3.05, 3.63) is 52.9 Å². The molecular formula is C23H26FN5O4S. The summed E-state index contributed by atoms with van der Waals surface area (Å²) in [7, 11) is -2.56. The molecule has 1 amide bonds. The molecule has 0 bridgehead atoms. The van der Waals surface area contributed by atoms with Crippen LogP contribution in [0.2, 0.25) is 0 Å². The Hall–Kier alpha value is -3.47. The average Bonchev–Trinajstić information content (AvgIpc) is 3.24. The van der Waals surface area contributed by atoms with Crippen LogP contribution in [0.15, 0.2) is 36.5 Å². The second kappa shape index (κ2) is 9.41. The molecule has 4 rings (SSSR count). The van der Waals surface area contributed by atoms with Gasteiger partial charge in [-0.1, -0.05) is 0 Å². The van der Waals surface area contributed by atoms with Crippen molar-refractivity contribution in [2.75, 3.05) is 6.54 Å². The van der Waals surface area contributed by atoms with Gasteiger partial charge < -0.3 is 14.7 Å². The first-order valence-corrected chi connectivity index (χ1v) is 12.0. The summed E-state index contributed by atoms with van der Waals surface area (Å²) in [5, 5.41) is 0. The fourth-order valence-corrected chi connectivity index (χ4v) is 4.26. The summed E-state index contributed by atoms with van der Waals surface area (Å²) < 4.78 is 41.8. The maximum Gasteiger partial charge on any atom is 0.410 e. The van der Waals surface area contributed by atoms with Crippen LogP contribution >= 0.6 is 0 Å². The van der Waals surface area contributed by atoms with E-state index < -0.39 is 22.0 Å². The van der Waals surface area contributed by atoms with Crippen molar-refractivity contribution in [2.45, 2.75) is 51.7 Å². The van der Waals surface area contributed by atoms with Crippen LogP contribution in [-0.4, -0.2) is 51.5 Å². The number of amides is 1. The summed E-state index contributed by atoms with van der Waals surface area (Å²) in [6.45, 7) is 5.98. The fourth-order valence-electron chi connectivity index (χ4n) is 3.92. The van der Waals surface area contributed by atoms with E-state index in [0.29, 0.717) is 41.4 Å². The minimum Gasteiger partial charge on any atom is -0.444 e. The Morgan fingerprint density at radius 1 is 1.15 bits per heavy atom. The zero-order valence-corrected chi connectivity index (χ0v) is 19.9. The van der Waals surface area contributed by atoms with Gasteiger partial charge in [-0.2, -0.15) is 8.42 Å². The summed E-state index contributed by atoms with van der Waals surface area (Å²) in [4.78, 5) is 29.3. The van der Waals surface area contributed by atoms with Crippen molar-refractivity contribution in [1.82, 2.24) is 24.8 Å². The van der Waals surface area contributed by atoms with E-state index in [9.17, 15) is 17.6 Å². The van der Waals surface area contributed by atoms with Crippen LogP contribution in [0, 0.1) is 10.6 Å². The number of nitrogens with zero attached hydrogens (tertiary/aromatic N) is 3. The van der Waals surface area contributed by atoms with Crippen molar-refractivity contribution >= 4 is 16.4 Å². The monoisotopic (exact) mass is 487 g/mol. The highest BCUT2D eigenvalue weighted by Gasteiger charge is 2.34. The number of imidazole rings is 1. The van der Waals surface area contributed by atoms with Gasteiger partial charge in [-0.15, -0.1) is 0 Å². The summed E-state index contributed by atoms with van der Waals surface area (Å²) in [5.74, 6) is 0.152. The van der Waals surface area contributed by atoms with Crippen LogP contribution in [0.25, 0.3) is 22.6 Å². The van der Waals surface area contributed by atoms with Gasteiger partial charge >= 0.3 is 6.09 Å². The first kappa shape index (κ1) is 23.7. The van der Waals surface area contributed by atoms with E-state index in [1.165, 1.54) is 18.3 Å². The Balaban J connectivity index is 1.83. The number of benzene rings is 1. The molecule has 0 saturated carbocycles. The minimum absolute atomic E-state index is 0.230. The largest absolute Gasteiger partial charge is 0.444 e. The van der Waals surface area contributed by atoms with E-state index in [0.717, 1.165) is 12.8 Å². The molecule has 0 spiro atoms. The first-order valence-electron chi connectivity index (χ1n) is 11.0. The molecule has 2 N–H and O–H groups in total. The van der Waals surface area contributed by atoms with Gasteiger partial charge in [-0.3, -0.25) is 4.90 Å². The third kappa shape index (κ3) is 5.19. The van der Waals surface area contributed by atoms with Crippen LogP contribution in [0.3, 0.4) is 0 Å². The van der Waals surface area contributed by atoms with E-state index in [-0.39, 0.29) is 16.6 Å². The number of carbonyl (C=O) groups excluding carboxylic acids is 1. The summed E-state index contributed by atoms with van der Waals surface area (Å²) in [5.41, 5.74) is 1.43. The van der Waals surface area contributed by atoms with Gasteiger partial charge in [0.1, 0.15) is 17.2 Å². The van der Waals surface area contributed by atoms with E-state index in [2.05, 4.69) is 15.0 Å². The number of H-pyrrole nitrogens is 2. The van der Waals surface area contributed by atoms with Crippen LogP contribution in [0.5, 0.6) is 0 Å². The number of nitrogens with one attached hydrogen (secondary N) is 2. The van der Waals surface area contributed by atoms with E-state index in [1.807, 2.05) is 20.8 Å². The number of likely N-dealkylation sites (tertiary alicyclic amines) is 1. The molecule has 1 fully saturated rings. The maximum atomic E-state index is 13.6. The predicted octanol–water partition coefficient (Wildman–Crippen LogP) is 4.48. The van der Waals surface area contributed by atoms with Gasteiger partial charge in [0, 0.05) is 18.3 Å². The van der Waals surface area contributed by atoms with Crippen molar-refractivity contribution in [3.8, 4) is 22.6 Å². The Kier molecular flexibility index (Phi) is 6.56. The Labute approximate surface area is 197 Å². The molecule has 1 aromatic carbocycles. The predicted molar refractivity (Wildman–Crippen MR) is 123 cm³/mol. The topological polar surface area (TPSA) is 121 Å². The lowest BCUT2D eigenvalue weighted by molar-refractivity contribution is 0.00854. The van der Waals surface area contributed by atoms with Gasteiger partial charge in [0.25, 0.3) is 15.1 Å². The average molecular weight is 488 g/mol. The van der Waals surface area contributed by atoms with Crippen LogP contribution in [-0.2, 0) is 15.0 Å². The molecule has 1 saturated heterocycles. The Bertz CT molecular complexity index is 1370. The molecule has 1 aliphatic rings. The molecule has 1 unspecified atom stereocenters. The third-order valence-electron chi connectivity index (χ3n) is 5.39. The Morgan fingerprint density at radius 3 is 2.56 bits per heavy atom. The van der Waals surface area contributed by atoms with E-state index >= 15 is 0 Å². The normalized spacial score (nSPS) is 16.4. The molecule has 180 valence electrons. The zero-order valence-electron chi connectivity index (χ0n) is 19.1. The molecule has 1 atom stereocenters. The quantitative estimate of drug-likeness (QED) is 0.526. The molecule has 3 heterocycles. The lowest BCUT2D eigenvalue weighted by Crippen LogP contribution is -2.42. The third-order valence-corrected chi connectivity index (χ3v) is 5.91. The molecule has 11 heteroatoms. The van der Waals surface area contributed by atoms with Crippen molar-refractivity contribution in [2.24, 2.45) is 0 Å². The lowest BCUT2D eigenvalue weighted by atomic mass is 10.0. The highest BCUT2D eigenvalue weighted by Crippen LogP contribution is 2.36. The van der Waals surface area contributed by atoms with Gasteiger partial charge in [0.05, 0.1) is 23.1 Å². The number of halogens is 1. The highest BCUT2D eigenvalue weighted by atomic mass is 32.2. The number of piperidine rings is 1. The van der Waals surface area contributed by atoms with Crippen molar-refractivity contribution in [1.29, 1.82) is 0 Å². The molecule has 1 aliphatic heterocycles. The van der Waals surface area contributed by atoms with Gasteiger partial charge in [0.15, 0.2) is 0 Å². The molecule has 0 radical (unpaired) electrons. The summed E-state index contributed by atoms with van der Waals surface area (Å²) >= 11 is 0. The lowest BCUT2D eigenvalue weighted by Gasteiger charge is -2.35. The second-order valence-electron chi connectivity index (χ2n) is 9.06. The fraction of sp³-hybridized carbons (Fsp3) is 0.391. The van der Waals surface area contributed by atoms with Gasteiger partial charge in [-0.05, 0) is 70.4 Å². The minimum atomic E-state index is -2.56. The number of hydrogen-bond acceptors (Lipinski definition) is 6. The molecule has 3 aromatic rings. The molecule has 2 aromatic heterocycles. The molecule has 0 aliphatic carbocycles. The van der Waals surface area contributed by atoms with Crippen LogP contribution in [0.1, 0.15) is 51.9 Å². The number of carbonyl (C=O) groups is 1. The SMILES string of the molecule is CC(C)(C)OC(=O)N1CCCCC1c1nc(-c2ccc(F)cc2)c(-c2ccnc(=S(=O)=O)[nH]2)[nH]1. The second-order valence-corrected chi connectivity index (χ2v) is 9.92. The molecular weight excluding hydrogens is 461 g/mol. The number of ether oxygens (including phenoxy) is 1.